The zero-order valence-corrected chi connectivity index (χ0v) is 12.9. The Bertz CT molecular complexity index is 391. The van der Waals surface area contributed by atoms with Crippen LogP contribution in [0.1, 0.15) is 19.4 Å². The lowest BCUT2D eigenvalue weighted by atomic mass is 10.2. The van der Waals surface area contributed by atoms with E-state index in [1.807, 2.05) is 42.8 Å². The first-order valence-electron chi connectivity index (χ1n) is 6.27. The van der Waals surface area contributed by atoms with Gasteiger partial charge in [0.2, 0.25) is 5.91 Å². The van der Waals surface area contributed by atoms with E-state index in [0.717, 1.165) is 24.1 Å². The number of hydrogen-bond donors (Lipinski definition) is 0. The molecule has 18 heavy (non-hydrogen) atoms. The Morgan fingerprint density at radius 1 is 1.28 bits per heavy atom. The van der Waals surface area contributed by atoms with Gasteiger partial charge >= 0.3 is 0 Å². The molecule has 0 atom stereocenters. The first kappa shape index (κ1) is 15.2. The van der Waals surface area contributed by atoms with Crippen molar-refractivity contribution in [1.29, 1.82) is 0 Å². The van der Waals surface area contributed by atoms with Crippen LogP contribution >= 0.6 is 15.9 Å². The SMILES string of the molecule is CCN(CC)C(=O)CN(C)Cc1cccc(Br)c1. The Balaban J connectivity index is 2.51. The number of carbonyl (C=O) groups excluding carboxylic acids is 1. The highest BCUT2D eigenvalue weighted by Crippen LogP contribution is 2.12. The minimum Gasteiger partial charge on any atom is -0.342 e. The molecule has 0 aliphatic rings. The molecule has 0 unspecified atom stereocenters. The van der Waals surface area contributed by atoms with Gasteiger partial charge < -0.3 is 4.90 Å². The Kier molecular flexibility index (Phi) is 6.36. The van der Waals surface area contributed by atoms with E-state index in [-0.39, 0.29) is 5.91 Å². The molecule has 100 valence electrons. The third kappa shape index (κ3) is 4.78. The van der Waals surface area contributed by atoms with Gasteiger partial charge in [-0.2, -0.15) is 0 Å². The molecule has 4 heteroatoms. The summed E-state index contributed by atoms with van der Waals surface area (Å²) < 4.78 is 1.07. The summed E-state index contributed by atoms with van der Waals surface area (Å²) in [5.41, 5.74) is 1.21. The molecule has 0 aliphatic carbocycles. The Morgan fingerprint density at radius 3 is 2.50 bits per heavy atom. The van der Waals surface area contributed by atoms with Crippen molar-refractivity contribution in [1.82, 2.24) is 9.80 Å². The number of amides is 1. The summed E-state index contributed by atoms with van der Waals surface area (Å²) >= 11 is 3.45. The van der Waals surface area contributed by atoms with Crippen molar-refractivity contribution in [3.05, 3.63) is 34.3 Å². The maximum atomic E-state index is 11.9. The number of likely N-dealkylation sites (N-methyl/N-ethyl adjacent to an activating group) is 2. The number of rotatable bonds is 6. The lowest BCUT2D eigenvalue weighted by molar-refractivity contribution is -0.131. The Hall–Kier alpha value is -0.870. The Labute approximate surface area is 118 Å². The van der Waals surface area contributed by atoms with Crippen LogP contribution in [0.2, 0.25) is 0 Å². The second-order valence-electron chi connectivity index (χ2n) is 4.37. The van der Waals surface area contributed by atoms with E-state index >= 15 is 0 Å². The molecule has 3 nitrogen and oxygen atoms in total. The number of nitrogens with zero attached hydrogens (tertiary/aromatic N) is 2. The number of hydrogen-bond acceptors (Lipinski definition) is 2. The van der Waals surface area contributed by atoms with Gasteiger partial charge in [-0.25, -0.2) is 0 Å². The molecule has 0 saturated heterocycles. The fourth-order valence-corrected chi connectivity index (χ4v) is 2.36. The van der Waals surface area contributed by atoms with Crippen molar-refractivity contribution in [2.45, 2.75) is 20.4 Å². The van der Waals surface area contributed by atoms with Crippen molar-refractivity contribution < 1.29 is 4.79 Å². The predicted octanol–water partition coefficient (Wildman–Crippen LogP) is 2.75. The smallest absolute Gasteiger partial charge is 0.236 e. The molecule has 0 bridgehead atoms. The number of benzene rings is 1. The van der Waals surface area contributed by atoms with E-state index in [1.165, 1.54) is 5.56 Å². The number of halogens is 1. The second-order valence-corrected chi connectivity index (χ2v) is 5.28. The van der Waals surface area contributed by atoms with Crippen LogP contribution in [0.15, 0.2) is 28.7 Å². The van der Waals surface area contributed by atoms with Gasteiger partial charge in [0.1, 0.15) is 0 Å². The first-order chi connectivity index (χ1) is 8.56. The number of carbonyl (C=O) groups is 1. The summed E-state index contributed by atoms with van der Waals surface area (Å²) in [6.45, 7) is 6.83. The fraction of sp³-hybridized carbons (Fsp3) is 0.500. The van der Waals surface area contributed by atoms with Crippen LogP contribution in [0.3, 0.4) is 0 Å². The normalized spacial score (nSPS) is 10.7. The van der Waals surface area contributed by atoms with E-state index in [4.69, 9.17) is 0 Å². The summed E-state index contributed by atoms with van der Waals surface area (Å²) in [7, 11) is 1.97. The van der Waals surface area contributed by atoms with Gasteiger partial charge in [-0.1, -0.05) is 28.1 Å². The lowest BCUT2D eigenvalue weighted by Gasteiger charge is -2.23. The van der Waals surface area contributed by atoms with Crippen LogP contribution in [-0.4, -0.2) is 42.4 Å². The van der Waals surface area contributed by atoms with Crippen molar-refractivity contribution in [3.8, 4) is 0 Å². The fourth-order valence-electron chi connectivity index (χ4n) is 1.91. The zero-order chi connectivity index (χ0) is 13.5. The maximum absolute atomic E-state index is 11.9. The summed E-state index contributed by atoms with van der Waals surface area (Å²) in [6.07, 6.45) is 0. The molecule has 1 amide bonds. The minimum absolute atomic E-state index is 0.192. The largest absolute Gasteiger partial charge is 0.342 e. The summed E-state index contributed by atoms with van der Waals surface area (Å²) in [6, 6.07) is 8.17. The topological polar surface area (TPSA) is 23.6 Å². The van der Waals surface area contributed by atoms with E-state index < -0.39 is 0 Å². The summed E-state index contributed by atoms with van der Waals surface area (Å²) in [4.78, 5) is 15.9. The van der Waals surface area contributed by atoms with Crippen molar-refractivity contribution in [2.24, 2.45) is 0 Å². The quantitative estimate of drug-likeness (QED) is 0.806. The minimum atomic E-state index is 0.192. The highest BCUT2D eigenvalue weighted by atomic mass is 79.9. The monoisotopic (exact) mass is 312 g/mol. The van der Waals surface area contributed by atoms with Gasteiger partial charge in [0, 0.05) is 24.1 Å². The summed E-state index contributed by atoms with van der Waals surface area (Å²) in [5.74, 6) is 0.192. The second kappa shape index (κ2) is 7.54. The standard InChI is InChI=1S/C14H21BrN2O/c1-4-17(5-2)14(18)11-16(3)10-12-7-6-8-13(15)9-12/h6-9H,4-5,10-11H2,1-3H3. The molecule has 0 aromatic heterocycles. The van der Waals surface area contributed by atoms with Crippen molar-refractivity contribution in [3.63, 3.8) is 0 Å². The van der Waals surface area contributed by atoms with Crippen LogP contribution in [0, 0.1) is 0 Å². The van der Waals surface area contributed by atoms with E-state index in [0.29, 0.717) is 6.54 Å². The third-order valence-electron chi connectivity index (χ3n) is 2.86. The van der Waals surface area contributed by atoms with Crippen LogP contribution in [0.5, 0.6) is 0 Å². The molecule has 0 saturated carbocycles. The maximum Gasteiger partial charge on any atom is 0.236 e. The van der Waals surface area contributed by atoms with Crippen LogP contribution < -0.4 is 0 Å². The van der Waals surface area contributed by atoms with E-state index in [2.05, 4.69) is 28.1 Å². The van der Waals surface area contributed by atoms with Crippen LogP contribution in [0.4, 0.5) is 0 Å². The molecule has 0 heterocycles. The molecule has 1 aromatic carbocycles. The molecule has 1 aromatic rings. The van der Waals surface area contributed by atoms with Gasteiger partial charge in [0.05, 0.1) is 6.54 Å². The molecule has 0 fully saturated rings. The van der Waals surface area contributed by atoms with Gasteiger partial charge in [-0.05, 0) is 38.6 Å². The van der Waals surface area contributed by atoms with E-state index in [9.17, 15) is 4.79 Å². The van der Waals surface area contributed by atoms with E-state index in [1.54, 1.807) is 0 Å². The van der Waals surface area contributed by atoms with Gasteiger partial charge in [0.15, 0.2) is 0 Å². The lowest BCUT2D eigenvalue weighted by Crippen LogP contribution is -2.38. The van der Waals surface area contributed by atoms with Gasteiger partial charge in [-0.3, -0.25) is 9.69 Å². The zero-order valence-electron chi connectivity index (χ0n) is 11.3. The molecule has 0 aliphatic heterocycles. The molecule has 1 rings (SSSR count). The van der Waals surface area contributed by atoms with Crippen LogP contribution in [0.25, 0.3) is 0 Å². The molecule has 0 N–H and O–H groups in total. The molecule has 0 radical (unpaired) electrons. The molecular weight excluding hydrogens is 292 g/mol. The molecule has 0 spiro atoms. The highest BCUT2D eigenvalue weighted by Gasteiger charge is 2.12. The first-order valence-corrected chi connectivity index (χ1v) is 7.06. The van der Waals surface area contributed by atoms with Crippen molar-refractivity contribution in [2.75, 3.05) is 26.7 Å². The van der Waals surface area contributed by atoms with Crippen LogP contribution in [-0.2, 0) is 11.3 Å². The molecular formula is C14H21BrN2O. The third-order valence-corrected chi connectivity index (χ3v) is 3.36. The predicted molar refractivity (Wildman–Crippen MR) is 78.4 cm³/mol. The average Bonchev–Trinajstić information content (AvgIpc) is 2.30. The van der Waals surface area contributed by atoms with Gasteiger partial charge in [0.25, 0.3) is 0 Å². The van der Waals surface area contributed by atoms with Crippen molar-refractivity contribution >= 4 is 21.8 Å². The van der Waals surface area contributed by atoms with Gasteiger partial charge in [-0.15, -0.1) is 0 Å². The Morgan fingerprint density at radius 2 is 1.94 bits per heavy atom. The average molecular weight is 313 g/mol. The summed E-state index contributed by atoms with van der Waals surface area (Å²) in [5, 5.41) is 0. The highest BCUT2D eigenvalue weighted by molar-refractivity contribution is 9.10.